The van der Waals surface area contributed by atoms with Crippen molar-refractivity contribution in [2.45, 2.75) is 58.4 Å². The van der Waals surface area contributed by atoms with Crippen LogP contribution < -0.4 is 5.32 Å². The number of carbonyl (C=O) groups excluding carboxylic acids is 2. The second-order valence-electron chi connectivity index (χ2n) is 6.47. The van der Waals surface area contributed by atoms with Crippen LogP contribution in [-0.2, 0) is 9.59 Å². The smallest absolute Gasteiger partial charge is 0.233 e. The molecule has 0 bridgehead atoms. The van der Waals surface area contributed by atoms with Gasteiger partial charge in [0.2, 0.25) is 11.8 Å². The highest BCUT2D eigenvalue weighted by Gasteiger charge is 2.51. The van der Waals surface area contributed by atoms with Crippen molar-refractivity contribution < 1.29 is 9.59 Å². The first kappa shape index (κ1) is 15.5. The Morgan fingerprint density at radius 1 is 1.20 bits per heavy atom. The number of hydrogen-bond acceptors (Lipinski definition) is 3. The van der Waals surface area contributed by atoms with Gasteiger partial charge in [0.1, 0.15) is 0 Å². The van der Waals surface area contributed by atoms with E-state index >= 15 is 0 Å². The number of amides is 2. The minimum absolute atomic E-state index is 0.00341. The van der Waals surface area contributed by atoms with Gasteiger partial charge < -0.3 is 5.32 Å². The van der Waals surface area contributed by atoms with Gasteiger partial charge in [-0.05, 0) is 45.6 Å². The highest BCUT2D eigenvalue weighted by atomic mass is 16.2. The molecule has 4 nitrogen and oxygen atoms in total. The van der Waals surface area contributed by atoms with E-state index in [0.717, 1.165) is 38.5 Å². The van der Waals surface area contributed by atoms with Gasteiger partial charge in [-0.2, -0.15) is 0 Å². The van der Waals surface area contributed by atoms with Crippen LogP contribution in [0.2, 0.25) is 0 Å². The molecule has 114 valence electrons. The third-order valence-electron chi connectivity index (χ3n) is 5.17. The van der Waals surface area contributed by atoms with E-state index in [0.29, 0.717) is 18.5 Å². The van der Waals surface area contributed by atoms with E-state index in [-0.39, 0.29) is 23.7 Å². The van der Waals surface area contributed by atoms with Crippen LogP contribution in [0.25, 0.3) is 0 Å². The molecule has 2 fully saturated rings. The molecule has 1 aliphatic carbocycles. The van der Waals surface area contributed by atoms with Gasteiger partial charge in [-0.1, -0.05) is 19.8 Å². The quantitative estimate of drug-likeness (QED) is 0.574. The van der Waals surface area contributed by atoms with Crippen LogP contribution in [0.3, 0.4) is 0 Å². The Bertz CT molecular complexity index is 345. The summed E-state index contributed by atoms with van der Waals surface area (Å²) >= 11 is 0. The lowest BCUT2D eigenvalue weighted by Gasteiger charge is -2.18. The zero-order valence-corrected chi connectivity index (χ0v) is 13.0. The molecular weight excluding hydrogens is 252 g/mol. The minimum Gasteiger partial charge on any atom is -0.317 e. The number of carbonyl (C=O) groups is 2. The van der Waals surface area contributed by atoms with Crippen molar-refractivity contribution >= 4 is 11.8 Å². The van der Waals surface area contributed by atoms with E-state index in [1.165, 1.54) is 0 Å². The summed E-state index contributed by atoms with van der Waals surface area (Å²) in [5.41, 5.74) is 0. The molecule has 2 amide bonds. The van der Waals surface area contributed by atoms with Gasteiger partial charge in [-0.3, -0.25) is 14.5 Å². The molecule has 4 heteroatoms. The third kappa shape index (κ3) is 3.05. The van der Waals surface area contributed by atoms with E-state index in [1.54, 1.807) is 4.90 Å². The Labute approximate surface area is 122 Å². The van der Waals surface area contributed by atoms with Crippen molar-refractivity contribution in [1.29, 1.82) is 0 Å². The lowest BCUT2D eigenvalue weighted by atomic mass is 10.00. The standard InChI is InChI=1S/C16H28N2O2/c1-4-12-9-13-14(10-12)16(20)18(15(13)19)8-6-5-7-11(2)17-3/h11-14,17H,4-10H2,1-3H3. The van der Waals surface area contributed by atoms with Crippen LogP contribution in [0.1, 0.15) is 52.4 Å². The highest BCUT2D eigenvalue weighted by Crippen LogP contribution is 2.44. The highest BCUT2D eigenvalue weighted by molar-refractivity contribution is 6.05. The summed E-state index contributed by atoms with van der Waals surface area (Å²) < 4.78 is 0. The van der Waals surface area contributed by atoms with E-state index in [4.69, 9.17) is 0 Å². The number of hydrogen-bond donors (Lipinski definition) is 1. The van der Waals surface area contributed by atoms with E-state index in [2.05, 4.69) is 19.2 Å². The molecule has 1 N–H and O–H groups in total. The topological polar surface area (TPSA) is 49.4 Å². The van der Waals surface area contributed by atoms with Crippen LogP contribution in [0.5, 0.6) is 0 Å². The minimum atomic E-state index is 0.00341. The Hall–Kier alpha value is -0.900. The number of rotatable bonds is 7. The van der Waals surface area contributed by atoms with Crippen LogP contribution in [-0.4, -0.2) is 36.3 Å². The maximum absolute atomic E-state index is 12.3. The SMILES string of the molecule is CCC1CC2C(=O)N(CCCCC(C)NC)C(=O)C2C1. The molecule has 0 aromatic rings. The second kappa shape index (κ2) is 6.70. The summed E-state index contributed by atoms with van der Waals surface area (Å²) in [5, 5.41) is 3.21. The van der Waals surface area contributed by atoms with Gasteiger partial charge in [0.15, 0.2) is 0 Å². The predicted molar refractivity (Wildman–Crippen MR) is 79.1 cm³/mol. The molecule has 1 aliphatic heterocycles. The molecule has 0 aromatic carbocycles. The number of nitrogens with one attached hydrogen (secondary N) is 1. The van der Waals surface area contributed by atoms with Gasteiger partial charge in [0.05, 0.1) is 11.8 Å². The van der Waals surface area contributed by atoms with Crippen LogP contribution in [0.4, 0.5) is 0 Å². The first-order chi connectivity index (χ1) is 9.58. The summed E-state index contributed by atoms with van der Waals surface area (Å²) in [6, 6.07) is 0.504. The zero-order valence-electron chi connectivity index (χ0n) is 13.0. The molecule has 2 rings (SSSR count). The fourth-order valence-corrected chi connectivity index (χ4v) is 3.62. The van der Waals surface area contributed by atoms with E-state index < -0.39 is 0 Å². The Morgan fingerprint density at radius 3 is 2.30 bits per heavy atom. The van der Waals surface area contributed by atoms with Gasteiger partial charge in [-0.25, -0.2) is 0 Å². The lowest BCUT2D eigenvalue weighted by Crippen LogP contribution is -2.33. The number of fused-ring (bicyclic) bond motifs is 1. The van der Waals surface area contributed by atoms with Gasteiger partial charge >= 0.3 is 0 Å². The fourth-order valence-electron chi connectivity index (χ4n) is 3.62. The molecule has 0 spiro atoms. The fraction of sp³-hybridized carbons (Fsp3) is 0.875. The largest absolute Gasteiger partial charge is 0.317 e. The number of imide groups is 1. The van der Waals surface area contributed by atoms with Crippen molar-refractivity contribution in [3.05, 3.63) is 0 Å². The Kier molecular flexibility index (Phi) is 5.19. The molecule has 3 atom stereocenters. The average Bonchev–Trinajstić information content (AvgIpc) is 2.97. The monoisotopic (exact) mass is 280 g/mol. The molecule has 1 saturated carbocycles. The van der Waals surface area contributed by atoms with Crippen molar-refractivity contribution in [3.8, 4) is 0 Å². The van der Waals surface area contributed by atoms with Crippen molar-refractivity contribution in [2.24, 2.45) is 17.8 Å². The summed E-state index contributed by atoms with van der Waals surface area (Å²) in [6.45, 7) is 4.93. The average molecular weight is 280 g/mol. The molecule has 1 heterocycles. The molecule has 0 aromatic heterocycles. The summed E-state index contributed by atoms with van der Waals surface area (Å²) in [7, 11) is 1.96. The van der Waals surface area contributed by atoms with Gasteiger partial charge in [0.25, 0.3) is 0 Å². The van der Waals surface area contributed by atoms with Gasteiger partial charge in [0, 0.05) is 12.6 Å². The summed E-state index contributed by atoms with van der Waals surface area (Å²) in [4.78, 5) is 26.2. The van der Waals surface area contributed by atoms with Crippen molar-refractivity contribution in [1.82, 2.24) is 10.2 Å². The molecule has 20 heavy (non-hydrogen) atoms. The van der Waals surface area contributed by atoms with Crippen LogP contribution in [0.15, 0.2) is 0 Å². The summed E-state index contributed by atoms with van der Waals surface area (Å²) in [5.74, 6) is 0.805. The second-order valence-corrected chi connectivity index (χ2v) is 6.47. The zero-order chi connectivity index (χ0) is 14.7. The maximum Gasteiger partial charge on any atom is 0.233 e. The number of nitrogens with zero attached hydrogens (tertiary/aromatic N) is 1. The van der Waals surface area contributed by atoms with Crippen LogP contribution in [0, 0.1) is 17.8 Å². The van der Waals surface area contributed by atoms with Crippen molar-refractivity contribution in [3.63, 3.8) is 0 Å². The molecular formula is C16H28N2O2. The summed E-state index contributed by atoms with van der Waals surface area (Å²) in [6.07, 6.45) is 6.04. The lowest BCUT2D eigenvalue weighted by molar-refractivity contribution is -0.140. The maximum atomic E-state index is 12.3. The molecule has 2 aliphatic rings. The normalized spacial score (nSPS) is 30.9. The molecule has 1 saturated heterocycles. The first-order valence-electron chi connectivity index (χ1n) is 8.10. The van der Waals surface area contributed by atoms with Gasteiger partial charge in [-0.15, -0.1) is 0 Å². The molecule has 0 radical (unpaired) electrons. The predicted octanol–water partition coefficient (Wildman–Crippen LogP) is 2.19. The van der Waals surface area contributed by atoms with Crippen molar-refractivity contribution in [2.75, 3.05) is 13.6 Å². The number of unbranched alkanes of at least 4 members (excludes halogenated alkanes) is 1. The van der Waals surface area contributed by atoms with Crippen LogP contribution >= 0.6 is 0 Å². The Balaban J connectivity index is 1.80. The molecule has 3 unspecified atom stereocenters. The first-order valence-corrected chi connectivity index (χ1v) is 8.10. The Morgan fingerprint density at radius 2 is 1.80 bits per heavy atom. The van der Waals surface area contributed by atoms with E-state index in [9.17, 15) is 9.59 Å². The number of likely N-dealkylation sites (tertiary alicyclic amines) is 1. The van der Waals surface area contributed by atoms with E-state index in [1.807, 2.05) is 7.05 Å². The third-order valence-corrected chi connectivity index (χ3v) is 5.17.